The average Bonchev–Trinajstić information content (AvgIpc) is 3.04. The number of benzene rings is 1. The minimum Gasteiger partial charge on any atom is -0.496 e. The van der Waals surface area contributed by atoms with Gasteiger partial charge in [0.2, 0.25) is 5.95 Å². The summed E-state index contributed by atoms with van der Waals surface area (Å²) < 4.78 is 12.5. The third-order valence-corrected chi connectivity index (χ3v) is 4.81. The van der Waals surface area contributed by atoms with Gasteiger partial charge in [-0.15, -0.1) is 0 Å². The number of amides is 1. The van der Waals surface area contributed by atoms with Crippen LogP contribution in [-0.4, -0.2) is 46.6 Å². The van der Waals surface area contributed by atoms with E-state index in [0.29, 0.717) is 22.5 Å². The Labute approximate surface area is 176 Å². The summed E-state index contributed by atoms with van der Waals surface area (Å²) in [6, 6.07) is 7.77. The summed E-state index contributed by atoms with van der Waals surface area (Å²) in [6.45, 7) is 3.32. The van der Waals surface area contributed by atoms with Gasteiger partial charge in [0.05, 0.1) is 20.8 Å². The highest BCUT2D eigenvalue weighted by molar-refractivity contribution is 9.10. The lowest BCUT2D eigenvalue weighted by Crippen LogP contribution is -2.15. The van der Waals surface area contributed by atoms with Crippen LogP contribution in [0.4, 0.5) is 16.6 Å². The summed E-state index contributed by atoms with van der Waals surface area (Å²) in [4.78, 5) is 20.5. The van der Waals surface area contributed by atoms with E-state index in [1.54, 1.807) is 7.11 Å². The second-order valence-corrected chi connectivity index (χ2v) is 7.00. The van der Waals surface area contributed by atoms with E-state index in [0.717, 1.165) is 36.2 Å². The second kappa shape index (κ2) is 9.55. The Kier molecular flexibility index (Phi) is 6.86. The number of rotatable bonds is 8. The number of hydrogen-bond donors (Lipinski definition) is 2. The Morgan fingerprint density at radius 3 is 2.76 bits per heavy atom. The van der Waals surface area contributed by atoms with Crippen LogP contribution in [0.25, 0.3) is 11.0 Å². The van der Waals surface area contributed by atoms with Crippen molar-refractivity contribution in [1.29, 1.82) is 0 Å². The van der Waals surface area contributed by atoms with Crippen molar-refractivity contribution in [3.8, 4) is 5.75 Å². The van der Waals surface area contributed by atoms with E-state index in [9.17, 15) is 4.79 Å². The summed E-state index contributed by atoms with van der Waals surface area (Å²) in [5.74, 6) is 1.50. The molecule has 154 valence electrons. The van der Waals surface area contributed by atoms with Gasteiger partial charge in [-0.2, -0.15) is 10.1 Å². The Morgan fingerprint density at radius 1 is 1.24 bits per heavy atom. The molecular weight excluding hydrogens is 440 g/mol. The lowest BCUT2D eigenvalue weighted by atomic mass is 10.2. The molecule has 29 heavy (non-hydrogen) atoms. The molecule has 2 heterocycles. The van der Waals surface area contributed by atoms with Crippen LogP contribution in [0, 0.1) is 0 Å². The third kappa shape index (κ3) is 4.76. The molecule has 0 fully saturated rings. The standard InChI is InChI=1S/C19H23BrN6O3/c1-4-5-10-21-17-15-14(22-18(23-17)24-19(27)29-3)16(20)25-26(15)11-12-8-6-7-9-13(12)28-2/h6-9H,4-5,10-11H2,1-3H3,(H2,21,22,23,24,27). The Hall–Kier alpha value is -2.88. The number of ether oxygens (including phenoxy) is 2. The minimum atomic E-state index is -0.638. The lowest BCUT2D eigenvalue weighted by molar-refractivity contribution is 0.186. The van der Waals surface area contributed by atoms with Crippen molar-refractivity contribution >= 4 is 44.8 Å². The fraction of sp³-hybridized carbons (Fsp3) is 0.368. The normalized spacial score (nSPS) is 10.8. The molecule has 9 nitrogen and oxygen atoms in total. The number of methoxy groups -OCH3 is 2. The van der Waals surface area contributed by atoms with E-state index in [1.807, 2.05) is 28.9 Å². The molecule has 0 aliphatic carbocycles. The first-order valence-electron chi connectivity index (χ1n) is 9.22. The molecule has 0 radical (unpaired) electrons. The highest BCUT2D eigenvalue weighted by atomic mass is 79.9. The summed E-state index contributed by atoms with van der Waals surface area (Å²) in [7, 11) is 2.93. The molecule has 2 aromatic heterocycles. The molecule has 2 N–H and O–H groups in total. The molecule has 10 heteroatoms. The maximum atomic E-state index is 11.6. The molecule has 0 unspecified atom stereocenters. The smallest absolute Gasteiger partial charge is 0.413 e. The number of carbonyl (C=O) groups is 1. The number of unbranched alkanes of at least 4 members (excludes halogenated alkanes) is 1. The number of carbonyl (C=O) groups excluding carboxylic acids is 1. The van der Waals surface area contributed by atoms with Gasteiger partial charge in [-0.25, -0.2) is 9.78 Å². The summed E-state index contributed by atoms with van der Waals surface area (Å²) in [5, 5.41) is 10.4. The summed E-state index contributed by atoms with van der Waals surface area (Å²) in [6.07, 6.45) is 1.38. The molecule has 0 spiro atoms. The van der Waals surface area contributed by atoms with Crippen LogP contribution in [-0.2, 0) is 11.3 Å². The zero-order chi connectivity index (χ0) is 20.8. The highest BCUT2D eigenvalue weighted by Gasteiger charge is 2.19. The van der Waals surface area contributed by atoms with Gasteiger partial charge in [0.1, 0.15) is 16.8 Å². The van der Waals surface area contributed by atoms with Crippen molar-refractivity contribution in [2.45, 2.75) is 26.3 Å². The topological polar surface area (TPSA) is 103 Å². The van der Waals surface area contributed by atoms with Crippen molar-refractivity contribution in [2.24, 2.45) is 0 Å². The molecule has 0 bridgehead atoms. The lowest BCUT2D eigenvalue weighted by Gasteiger charge is -2.12. The van der Waals surface area contributed by atoms with Crippen LogP contribution in [0.5, 0.6) is 5.75 Å². The van der Waals surface area contributed by atoms with Crippen LogP contribution in [0.1, 0.15) is 25.3 Å². The van der Waals surface area contributed by atoms with E-state index in [-0.39, 0.29) is 5.95 Å². The number of halogens is 1. The van der Waals surface area contributed by atoms with Gasteiger partial charge in [0, 0.05) is 12.1 Å². The van der Waals surface area contributed by atoms with E-state index < -0.39 is 6.09 Å². The predicted octanol–water partition coefficient (Wildman–Crippen LogP) is 4.04. The van der Waals surface area contributed by atoms with Crippen molar-refractivity contribution in [3.05, 3.63) is 34.4 Å². The number of para-hydroxylation sites is 1. The highest BCUT2D eigenvalue weighted by Crippen LogP contribution is 2.30. The molecular formula is C19H23BrN6O3. The summed E-state index contributed by atoms with van der Waals surface area (Å²) >= 11 is 3.47. The van der Waals surface area contributed by atoms with Crippen molar-refractivity contribution in [2.75, 3.05) is 31.4 Å². The maximum absolute atomic E-state index is 11.6. The number of nitrogens with zero attached hydrogens (tertiary/aromatic N) is 4. The number of nitrogens with one attached hydrogen (secondary N) is 2. The number of aromatic nitrogens is 4. The Bertz CT molecular complexity index is 1010. The van der Waals surface area contributed by atoms with Crippen LogP contribution in [0.2, 0.25) is 0 Å². The number of anilines is 2. The quantitative estimate of drug-likeness (QED) is 0.486. The SMILES string of the molecule is CCCCNc1nc(NC(=O)OC)nc2c(Br)nn(Cc3ccccc3OC)c12. The molecule has 1 aromatic carbocycles. The van der Waals surface area contributed by atoms with Gasteiger partial charge in [0.25, 0.3) is 0 Å². The molecule has 1 amide bonds. The largest absolute Gasteiger partial charge is 0.496 e. The van der Waals surface area contributed by atoms with Crippen LogP contribution in [0.3, 0.4) is 0 Å². The first-order valence-corrected chi connectivity index (χ1v) is 10.0. The van der Waals surface area contributed by atoms with Gasteiger partial charge < -0.3 is 14.8 Å². The van der Waals surface area contributed by atoms with Gasteiger partial charge in [-0.05, 0) is 28.4 Å². The van der Waals surface area contributed by atoms with Crippen LogP contribution < -0.4 is 15.4 Å². The fourth-order valence-electron chi connectivity index (χ4n) is 2.86. The zero-order valence-corrected chi connectivity index (χ0v) is 18.1. The van der Waals surface area contributed by atoms with Gasteiger partial charge in [0.15, 0.2) is 10.4 Å². The van der Waals surface area contributed by atoms with Gasteiger partial charge >= 0.3 is 6.09 Å². The fourth-order valence-corrected chi connectivity index (χ4v) is 3.33. The van der Waals surface area contributed by atoms with Crippen LogP contribution in [0.15, 0.2) is 28.9 Å². The van der Waals surface area contributed by atoms with Crippen molar-refractivity contribution in [3.63, 3.8) is 0 Å². The maximum Gasteiger partial charge on any atom is 0.413 e. The second-order valence-electron chi connectivity index (χ2n) is 6.25. The molecule has 0 saturated carbocycles. The van der Waals surface area contributed by atoms with E-state index in [2.05, 4.69) is 53.3 Å². The molecule has 3 aromatic rings. The predicted molar refractivity (Wildman–Crippen MR) is 115 cm³/mol. The molecule has 0 atom stereocenters. The number of hydrogen-bond acceptors (Lipinski definition) is 7. The van der Waals surface area contributed by atoms with Crippen molar-refractivity contribution in [1.82, 2.24) is 19.7 Å². The third-order valence-electron chi connectivity index (χ3n) is 4.28. The van der Waals surface area contributed by atoms with Gasteiger partial charge in [-0.3, -0.25) is 10.00 Å². The number of fused-ring (bicyclic) bond motifs is 1. The molecule has 0 aliphatic heterocycles. The Balaban J connectivity index is 2.07. The first-order chi connectivity index (χ1) is 14.1. The zero-order valence-electron chi connectivity index (χ0n) is 16.5. The first kappa shape index (κ1) is 20.8. The Morgan fingerprint density at radius 2 is 2.03 bits per heavy atom. The average molecular weight is 463 g/mol. The van der Waals surface area contributed by atoms with E-state index in [1.165, 1.54) is 7.11 Å². The monoisotopic (exact) mass is 462 g/mol. The van der Waals surface area contributed by atoms with E-state index in [4.69, 9.17) is 4.74 Å². The molecule has 0 aliphatic rings. The molecule has 0 saturated heterocycles. The van der Waals surface area contributed by atoms with Crippen molar-refractivity contribution < 1.29 is 14.3 Å². The van der Waals surface area contributed by atoms with Gasteiger partial charge in [-0.1, -0.05) is 31.5 Å². The van der Waals surface area contributed by atoms with E-state index >= 15 is 0 Å². The van der Waals surface area contributed by atoms with Crippen LogP contribution >= 0.6 is 15.9 Å². The molecule has 3 rings (SSSR count). The summed E-state index contributed by atoms with van der Waals surface area (Å²) in [5.41, 5.74) is 2.29. The minimum absolute atomic E-state index is 0.140.